The van der Waals surface area contributed by atoms with Crippen LogP contribution in [0.2, 0.25) is 0 Å². The van der Waals surface area contributed by atoms with Gasteiger partial charge in [-0.1, -0.05) is 19.1 Å². The highest BCUT2D eigenvalue weighted by Gasteiger charge is 2.28. The molecule has 2 unspecified atom stereocenters. The summed E-state index contributed by atoms with van der Waals surface area (Å²) in [5, 5.41) is 5.76. The maximum absolute atomic E-state index is 12.2. The molecule has 1 fully saturated rings. The third-order valence-corrected chi connectivity index (χ3v) is 4.59. The van der Waals surface area contributed by atoms with Crippen LogP contribution in [0, 0.1) is 5.92 Å². The lowest BCUT2D eigenvalue weighted by molar-refractivity contribution is -0.153. The first-order valence-corrected chi connectivity index (χ1v) is 9.33. The fraction of sp³-hybridized carbons (Fsp3) is 0.632. The highest BCUT2D eigenvalue weighted by molar-refractivity contribution is 5.74. The van der Waals surface area contributed by atoms with Crippen LogP contribution in [0.1, 0.15) is 38.3 Å². The molecular weight excluding hydrogens is 359 g/mol. The topological polar surface area (TPSA) is 53.6 Å². The molecule has 5 nitrogen and oxygen atoms in total. The molecule has 27 heavy (non-hydrogen) atoms. The van der Waals surface area contributed by atoms with Gasteiger partial charge < -0.3 is 20.3 Å². The van der Waals surface area contributed by atoms with E-state index >= 15 is 0 Å². The zero-order valence-corrected chi connectivity index (χ0v) is 15.8. The summed E-state index contributed by atoms with van der Waals surface area (Å²) in [6.45, 7) is 6.51. The van der Waals surface area contributed by atoms with E-state index in [1.165, 1.54) is 12.1 Å². The van der Waals surface area contributed by atoms with Crippen molar-refractivity contribution in [3.63, 3.8) is 0 Å². The highest BCUT2D eigenvalue weighted by atomic mass is 19.4. The summed E-state index contributed by atoms with van der Waals surface area (Å²) < 4.78 is 41.1. The Morgan fingerprint density at radius 2 is 2.04 bits per heavy atom. The van der Waals surface area contributed by atoms with Gasteiger partial charge in [0.2, 0.25) is 0 Å². The molecule has 0 aliphatic carbocycles. The molecule has 1 aromatic rings. The van der Waals surface area contributed by atoms with Gasteiger partial charge in [0.05, 0.1) is 6.04 Å². The fourth-order valence-corrected chi connectivity index (χ4v) is 3.18. The van der Waals surface area contributed by atoms with Gasteiger partial charge in [-0.15, -0.1) is 0 Å². The molecule has 1 aliphatic rings. The van der Waals surface area contributed by atoms with Crippen LogP contribution in [0.15, 0.2) is 24.3 Å². The molecule has 8 heteroatoms. The van der Waals surface area contributed by atoms with Crippen LogP contribution >= 0.6 is 0 Å². The molecule has 1 aromatic carbocycles. The van der Waals surface area contributed by atoms with Gasteiger partial charge in [0.1, 0.15) is 5.75 Å². The predicted molar refractivity (Wildman–Crippen MR) is 97.8 cm³/mol. The smallest absolute Gasteiger partial charge is 0.422 e. The Kier molecular flexibility index (Phi) is 7.77. The molecule has 0 saturated carbocycles. The molecule has 0 aromatic heterocycles. The first-order valence-electron chi connectivity index (χ1n) is 9.33. The fourth-order valence-electron chi connectivity index (χ4n) is 3.18. The van der Waals surface area contributed by atoms with Gasteiger partial charge >= 0.3 is 12.2 Å². The summed E-state index contributed by atoms with van der Waals surface area (Å²) >= 11 is 0. The minimum Gasteiger partial charge on any atom is -0.484 e. The SMILES string of the molecule is CCCN1CCC(CNC(=O)NC(C)c2ccc(OCC(F)(F)F)cc2)C1. The lowest BCUT2D eigenvalue weighted by Gasteiger charge is -2.18. The molecular formula is C19H28F3N3O2. The molecule has 0 radical (unpaired) electrons. The van der Waals surface area contributed by atoms with Crippen molar-refractivity contribution in [1.29, 1.82) is 0 Å². The first kappa shape index (κ1) is 21.3. The largest absolute Gasteiger partial charge is 0.484 e. The third kappa shape index (κ3) is 7.66. The monoisotopic (exact) mass is 387 g/mol. The van der Waals surface area contributed by atoms with E-state index < -0.39 is 12.8 Å². The molecule has 1 saturated heterocycles. The van der Waals surface area contributed by atoms with Gasteiger partial charge in [0, 0.05) is 13.1 Å². The Balaban J connectivity index is 1.72. The van der Waals surface area contributed by atoms with Crippen molar-refractivity contribution < 1.29 is 22.7 Å². The number of likely N-dealkylation sites (tertiary alicyclic amines) is 1. The minimum absolute atomic E-state index is 0.144. The van der Waals surface area contributed by atoms with Crippen LogP contribution in [0.3, 0.4) is 0 Å². The van der Waals surface area contributed by atoms with E-state index in [1.807, 2.05) is 6.92 Å². The maximum atomic E-state index is 12.2. The van der Waals surface area contributed by atoms with Crippen LogP contribution < -0.4 is 15.4 Å². The van der Waals surface area contributed by atoms with Gasteiger partial charge in [0.25, 0.3) is 0 Å². The summed E-state index contributed by atoms with van der Waals surface area (Å²) in [7, 11) is 0. The van der Waals surface area contributed by atoms with Crippen LogP contribution in [0.4, 0.5) is 18.0 Å². The van der Waals surface area contributed by atoms with E-state index in [9.17, 15) is 18.0 Å². The minimum atomic E-state index is -4.36. The van der Waals surface area contributed by atoms with E-state index in [1.54, 1.807) is 12.1 Å². The van der Waals surface area contributed by atoms with Gasteiger partial charge in [-0.05, 0) is 56.5 Å². The van der Waals surface area contributed by atoms with Crippen LogP contribution in [-0.4, -0.2) is 49.9 Å². The Morgan fingerprint density at radius 3 is 2.67 bits per heavy atom. The van der Waals surface area contributed by atoms with Crippen molar-refractivity contribution in [2.45, 2.75) is 38.9 Å². The number of ether oxygens (including phenoxy) is 1. The summed E-state index contributed by atoms with van der Waals surface area (Å²) in [6.07, 6.45) is -2.13. The average molecular weight is 387 g/mol. The molecule has 0 spiro atoms. The number of nitrogens with one attached hydrogen (secondary N) is 2. The number of halogens is 3. The summed E-state index contributed by atoms with van der Waals surface area (Å²) in [5.74, 6) is 0.619. The van der Waals surface area contributed by atoms with E-state index in [2.05, 4.69) is 27.2 Å². The Morgan fingerprint density at radius 1 is 1.33 bits per heavy atom. The average Bonchev–Trinajstić information content (AvgIpc) is 3.06. The van der Waals surface area contributed by atoms with Crippen LogP contribution in [0.25, 0.3) is 0 Å². The van der Waals surface area contributed by atoms with Gasteiger partial charge in [-0.25, -0.2) is 4.79 Å². The molecule has 0 bridgehead atoms. The maximum Gasteiger partial charge on any atom is 0.422 e. The van der Waals surface area contributed by atoms with Crippen LogP contribution in [0.5, 0.6) is 5.75 Å². The second-order valence-corrected chi connectivity index (χ2v) is 7.00. The van der Waals surface area contributed by atoms with E-state index in [4.69, 9.17) is 0 Å². The van der Waals surface area contributed by atoms with E-state index in [0.29, 0.717) is 12.5 Å². The summed E-state index contributed by atoms with van der Waals surface area (Å²) in [4.78, 5) is 14.5. The lowest BCUT2D eigenvalue weighted by atomic mass is 10.1. The number of alkyl halides is 3. The highest BCUT2D eigenvalue weighted by Crippen LogP contribution is 2.21. The van der Waals surface area contributed by atoms with Crippen molar-refractivity contribution in [1.82, 2.24) is 15.5 Å². The summed E-state index contributed by atoms with van der Waals surface area (Å²) in [6, 6.07) is 5.73. The van der Waals surface area contributed by atoms with Gasteiger partial charge in [0.15, 0.2) is 6.61 Å². The Labute approximate surface area is 158 Å². The molecule has 152 valence electrons. The number of benzene rings is 1. The van der Waals surface area contributed by atoms with Gasteiger partial charge in [-0.3, -0.25) is 0 Å². The Hall–Kier alpha value is -1.96. The second-order valence-electron chi connectivity index (χ2n) is 7.00. The quantitative estimate of drug-likeness (QED) is 0.715. The van der Waals surface area contributed by atoms with E-state index in [0.717, 1.165) is 38.0 Å². The normalized spacial score (nSPS) is 18.9. The van der Waals surface area contributed by atoms with Crippen molar-refractivity contribution in [3.8, 4) is 5.75 Å². The molecule has 2 N–H and O–H groups in total. The van der Waals surface area contributed by atoms with Crippen molar-refractivity contribution >= 4 is 6.03 Å². The lowest BCUT2D eigenvalue weighted by Crippen LogP contribution is -2.40. The van der Waals surface area contributed by atoms with Gasteiger partial charge in [-0.2, -0.15) is 13.2 Å². The summed E-state index contributed by atoms with van der Waals surface area (Å²) in [5.41, 5.74) is 0.791. The number of amides is 2. The number of carbonyl (C=O) groups is 1. The molecule has 2 amide bonds. The molecule has 1 heterocycles. The number of carbonyl (C=O) groups excluding carboxylic acids is 1. The molecule has 1 aliphatic heterocycles. The number of urea groups is 1. The zero-order chi connectivity index (χ0) is 19.9. The second kappa shape index (κ2) is 9.82. The molecule has 2 rings (SSSR count). The number of hydrogen-bond acceptors (Lipinski definition) is 3. The van der Waals surface area contributed by atoms with Crippen molar-refractivity contribution in [2.24, 2.45) is 5.92 Å². The molecule has 2 atom stereocenters. The number of hydrogen-bond donors (Lipinski definition) is 2. The van der Waals surface area contributed by atoms with Crippen LogP contribution in [-0.2, 0) is 0 Å². The third-order valence-electron chi connectivity index (χ3n) is 4.59. The number of rotatable bonds is 8. The van der Waals surface area contributed by atoms with E-state index in [-0.39, 0.29) is 17.8 Å². The van der Waals surface area contributed by atoms with Crippen molar-refractivity contribution in [3.05, 3.63) is 29.8 Å². The predicted octanol–water partition coefficient (Wildman–Crippen LogP) is 3.72. The Bertz CT molecular complexity index is 593. The zero-order valence-electron chi connectivity index (χ0n) is 15.8. The number of nitrogens with zero attached hydrogens (tertiary/aromatic N) is 1. The van der Waals surface area contributed by atoms with Crippen molar-refractivity contribution in [2.75, 3.05) is 32.8 Å². The standard InChI is InChI=1S/C19H28F3N3O2/c1-3-9-25-10-8-15(12-25)11-23-18(26)24-14(2)16-4-6-17(7-5-16)27-13-19(20,21)22/h4-7,14-15H,3,8-13H2,1-2H3,(H2,23,24,26). The first-order chi connectivity index (χ1) is 12.8.